The number of hydrogen-bond acceptors (Lipinski definition) is 2. The fraction of sp³-hybridized carbons (Fsp3) is 1.00. The molecular formula is C11H24N2. The van der Waals surface area contributed by atoms with E-state index in [1.54, 1.807) is 0 Å². The van der Waals surface area contributed by atoms with E-state index < -0.39 is 0 Å². The maximum absolute atomic E-state index is 3.63. The first-order valence-electron chi connectivity index (χ1n) is 5.69. The standard InChI is InChI=1S/C11H24N2/c1-4-7-13-8-5-6-12-11(9-13)10(2)3/h10-12H,4-9H2,1-3H3. The minimum atomic E-state index is 0.703. The number of nitrogens with zero attached hydrogens (tertiary/aromatic N) is 1. The molecule has 1 fully saturated rings. The second-order valence-electron chi connectivity index (χ2n) is 4.46. The lowest BCUT2D eigenvalue weighted by molar-refractivity contribution is 0.246. The van der Waals surface area contributed by atoms with Crippen LogP contribution in [-0.4, -0.2) is 37.1 Å². The molecule has 0 bridgehead atoms. The van der Waals surface area contributed by atoms with E-state index in [2.05, 4.69) is 31.0 Å². The molecule has 0 saturated carbocycles. The molecule has 1 aliphatic heterocycles. The molecule has 0 aliphatic carbocycles. The predicted octanol–water partition coefficient (Wildman–Crippen LogP) is 1.72. The topological polar surface area (TPSA) is 15.3 Å². The first-order valence-corrected chi connectivity index (χ1v) is 5.69. The molecule has 13 heavy (non-hydrogen) atoms. The van der Waals surface area contributed by atoms with Gasteiger partial charge in [-0.25, -0.2) is 0 Å². The maximum Gasteiger partial charge on any atom is 0.0217 e. The van der Waals surface area contributed by atoms with Crippen molar-refractivity contribution in [1.29, 1.82) is 0 Å². The minimum Gasteiger partial charge on any atom is -0.312 e. The van der Waals surface area contributed by atoms with Crippen molar-refractivity contribution in [3.63, 3.8) is 0 Å². The Bertz CT molecular complexity index is 134. The van der Waals surface area contributed by atoms with Crippen LogP contribution in [0.25, 0.3) is 0 Å². The molecule has 0 spiro atoms. The highest BCUT2D eigenvalue weighted by molar-refractivity contribution is 4.78. The van der Waals surface area contributed by atoms with E-state index in [1.807, 2.05) is 0 Å². The third-order valence-electron chi connectivity index (χ3n) is 2.86. The van der Waals surface area contributed by atoms with Gasteiger partial charge in [-0.05, 0) is 38.4 Å². The summed E-state index contributed by atoms with van der Waals surface area (Å²) < 4.78 is 0. The van der Waals surface area contributed by atoms with Gasteiger partial charge < -0.3 is 10.2 Å². The Morgan fingerprint density at radius 3 is 2.85 bits per heavy atom. The Balaban J connectivity index is 2.39. The SMILES string of the molecule is CCCN1CCCNC(C(C)C)C1. The highest BCUT2D eigenvalue weighted by Gasteiger charge is 2.18. The molecule has 78 valence electrons. The highest BCUT2D eigenvalue weighted by Crippen LogP contribution is 2.08. The van der Waals surface area contributed by atoms with Crippen LogP contribution in [0.2, 0.25) is 0 Å². The lowest BCUT2D eigenvalue weighted by atomic mass is 10.0. The number of nitrogens with one attached hydrogen (secondary N) is 1. The third kappa shape index (κ3) is 3.65. The van der Waals surface area contributed by atoms with Crippen molar-refractivity contribution in [3.05, 3.63) is 0 Å². The van der Waals surface area contributed by atoms with Crippen molar-refractivity contribution in [2.24, 2.45) is 5.92 Å². The summed E-state index contributed by atoms with van der Waals surface area (Å²) in [5.74, 6) is 0.762. The van der Waals surface area contributed by atoms with Crippen molar-refractivity contribution in [2.45, 2.75) is 39.7 Å². The molecule has 2 nitrogen and oxygen atoms in total. The van der Waals surface area contributed by atoms with E-state index in [9.17, 15) is 0 Å². The van der Waals surface area contributed by atoms with E-state index >= 15 is 0 Å². The Kier molecular flexibility index (Phi) is 4.74. The summed E-state index contributed by atoms with van der Waals surface area (Å²) in [6, 6.07) is 0.703. The summed E-state index contributed by atoms with van der Waals surface area (Å²) in [6.45, 7) is 11.9. The van der Waals surface area contributed by atoms with Gasteiger partial charge in [0.05, 0.1) is 0 Å². The zero-order chi connectivity index (χ0) is 9.68. The van der Waals surface area contributed by atoms with Gasteiger partial charge in [0.15, 0.2) is 0 Å². The van der Waals surface area contributed by atoms with Gasteiger partial charge in [0.25, 0.3) is 0 Å². The van der Waals surface area contributed by atoms with Crippen LogP contribution in [0.5, 0.6) is 0 Å². The second-order valence-corrected chi connectivity index (χ2v) is 4.46. The van der Waals surface area contributed by atoms with Gasteiger partial charge in [0, 0.05) is 12.6 Å². The first-order chi connectivity index (χ1) is 6.24. The van der Waals surface area contributed by atoms with E-state index in [4.69, 9.17) is 0 Å². The largest absolute Gasteiger partial charge is 0.312 e. The summed E-state index contributed by atoms with van der Waals surface area (Å²) in [7, 11) is 0. The maximum atomic E-state index is 3.63. The molecule has 1 unspecified atom stereocenters. The molecule has 0 radical (unpaired) electrons. The predicted molar refractivity (Wildman–Crippen MR) is 58.0 cm³/mol. The quantitative estimate of drug-likeness (QED) is 0.718. The third-order valence-corrected chi connectivity index (χ3v) is 2.86. The number of rotatable bonds is 3. The molecule has 2 heteroatoms. The van der Waals surface area contributed by atoms with Crippen molar-refractivity contribution < 1.29 is 0 Å². The summed E-state index contributed by atoms with van der Waals surface area (Å²) >= 11 is 0. The van der Waals surface area contributed by atoms with Crippen LogP contribution < -0.4 is 5.32 Å². The van der Waals surface area contributed by atoms with Gasteiger partial charge in [-0.3, -0.25) is 0 Å². The van der Waals surface area contributed by atoms with E-state index in [-0.39, 0.29) is 0 Å². The lowest BCUT2D eigenvalue weighted by Gasteiger charge is -2.26. The molecule has 1 aliphatic rings. The van der Waals surface area contributed by atoms with Crippen LogP contribution in [0.1, 0.15) is 33.6 Å². The van der Waals surface area contributed by atoms with Gasteiger partial charge >= 0.3 is 0 Å². The summed E-state index contributed by atoms with van der Waals surface area (Å²) in [5.41, 5.74) is 0. The molecule has 1 rings (SSSR count). The van der Waals surface area contributed by atoms with E-state index in [1.165, 1.54) is 39.0 Å². The number of hydrogen-bond donors (Lipinski definition) is 1. The molecule has 0 aromatic carbocycles. The normalized spacial score (nSPS) is 26.3. The van der Waals surface area contributed by atoms with Crippen molar-refractivity contribution in [2.75, 3.05) is 26.2 Å². The molecule has 0 amide bonds. The van der Waals surface area contributed by atoms with Gasteiger partial charge in [-0.15, -0.1) is 0 Å². The molecule has 1 atom stereocenters. The smallest absolute Gasteiger partial charge is 0.0217 e. The molecule has 0 aromatic rings. The average molecular weight is 184 g/mol. The fourth-order valence-corrected chi connectivity index (χ4v) is 1.99. The van der Waals surface area contributed by atoms with Crippen LogP contribution in [0.3, 0.4) is 0 Å². The van der Waals surface area contributed by atoms with Crippen LogP contribution >= 0.6 is 0 Å². The van der Waals surface area contributed by atoms with E-state index in [0.29, 0.717) is 6.04 Å². The van der Waals surface area contributed by atoms with Gasteiger partial charge in [0.1, 0.15) is 0 Å². The summed E-state index contributed by atoms with van der Waals surface area (Å²) in [4.78, 5) is 2.60. The first kappa shape index (κ1) is 11.0. The van der Waals surface area contributed by atoms with Crippen LogP contribution in [0, 0.1) is 5.92 Å². The van der Waals surface area contributed by atoms with Crippen LogP contribution in [0.4, 0.5) is 0 Å². The molecule has 1 N–H and O–H groups in total. The highest BCUT2D eigenvalue weighted by atomic mass is 15.2. The second kappa shape index (κ2) is 5.61. The average Bonchev–Trinajstić information content (AvgIpc) is 2.30. The molecular weight excluding hydrogens is 160 g/mol. The van der Waals surface area contributed by atoms with Gasteiger partial charge in [-0.2, -0.15) is 0 Å². The Labute approximate surface area is 82.7 Å². The van der Waals surface area contributed by atoms with Crippen molar-refractivity contribution in [3.8, 4) is 0 Å². The zero-order valence-electron chi connectivity index (χ0n) is 9.34. The van der Waals surface area contributed by atoms with Crippen LogP contribution in [-0.2, 0) is 0 Å². The Morgan fingerprint density at radius 2 is 2.23 bits per heavy atom. The van der Waals surface area contributed by atoms with Crippen molar-refractivity contribution >= 4 is 0 Å². The Morgan fingerprint density at radius 1 is 1.46 bits per heavy atom. The monoisotopic (exact) mass is 184 g/mol. The summed E-state index contributed by atoms with van der Waals surface area (Å²) in [5, 5.41) is 3.63. The van der Waals surface area contributed by atoms with Crippen LogP contribution in [0.15, 0.2) is 0 Å². The van der Waals surface area contributed by atoms with Gasteiger partial charge in [0.2, 0.25) is 0 Å². The fourth-order valence-electron chi connectivity index (χ4n) is 1.99. The summed E-state index contributed by atoms with van der Waals surface area (Å²) in [6.07, 6.45) is 2.59. The van der Waals surface area contributed by atoms with E-state index in [0.717, 1.165) is 5.92 Å². The molecule has 1 saturated heterocycles. The molecule has 0 aromatic heterocycles. The Hall–Kier alpha value is -0.0800. The zero-order valence-corrected chi connectivity index (χ0v) is 9.34. The minimum absolute atomic E-state index is 0.703. The lowest BCUT2D eigenvalue weighted by Crippen LogP contribution is -2.41. The molecule has 1 heterocycles. The van der Waals surface area contributed by atoms with Gasteiger partial charge in [-0.1, -0.05) is 20.8 Å². The van der Waals surface area contributed by atoms with Crippen molar-refractivity contribution in [1.82, 2.24) is 10.2 Å².